The van der Waals surface area contributed by atoms with E-state index in [1.54, 1.807) is 0 Å². The summed E-state index contributed by atoms with van der Waals surface area (Å²) in [6.45, 7) is 0.860. The van der Waals surface area contributed by atoms with Gasteiger partial charge >= 0.3 is 0 Å². The van der Waals surface area contributed by atoms with Gasteiger partial charge in [0.05, 0.1) is 6.42 Å². The summed E-state index contributed by atoms with van der Waals surface area (Å²) in [5.41, 5.74) is 1.12. The number of carbonyl (C=O) groups is 3. The highest BCUT2D eigenvalue weighted by molar-refractivity contribution is 6.30. The average molecular weight is 352 g/mol. The van der Waals surface area contributed by atoms with Crippen molar-refractivity contribution in [2.24, 2.45) is 0 Å². The standard InChI is InChI=1S/C17H22ClN3O3/c1-19-15(22)11-14-17(24)20-9-10-21(14)16(23)4-2-3-12-5-7-13(18)8-6-12/h5-8,14H,2-4,9-11H2,1H3,(H,19,22)(H,20,24)/t14-/m0/s1. The van der Waals surface area contributed by atoms with Crippen molar-refractivity contribution in [2.75, 3.05) is 20.1 Å². The Morgan fingerprint density at radius 2 is 2.04 bits per heavy atom. The molecular weight excluding hydrogens is 330 g/mol. The van der Waals surface area contributed by atoms with E-state index in [1.165, 1.54) is 11.9 Å². The molecule has 0 radical (unpaired) electrons. The molecular formula is C17H22ClN3O3. The highest BCUT2D eigenvalue weighted by Gasteiger charge is 2.33. The number of hydrogen-bond donors (Lipinski definition) is 2. The lowest BCUT2D eigenvalue weighted by atomic mass is 10.0. The van der Waals surface area contributed by atoms with Crippen LogP contribution in [0.2, 0.25) is 5.02 Å². The van der Waals surface area contributed by atoms with E-state index in [1.807, 2.05) is 24.3 Å². The van der Waals surface area contributed by atoms with Gasteiger partial charge in [-0.2, -0.15) is 0 Å². The highest BCUT2D eigenvalue weighted by Crippen LogP contribution is 2.15. The van der Waals surface area contributed by atoms with Gasteiger partial charge in [0, 0.05) is 31.6 Å². The fraction of sp³-hybridized carbons (Fsp3) is 0.471. The molecule has 7 heteroatoms. The van der Waals surface area contributed by atoms with Crippen LogP contribution in [-0.4, -0.2) is 48.8 Å². The van der Waals surface area contributed by atoms with Crippen molar-refractivity contribution < 1.29 is 14.4 Å². The Bertz CT molecular complexity index is 604. The first-order valence-electron chi connectivity index (χ1n) is 8.03. The van der Waals surface area contributed by atoms with Crippen LogP contribution >= 0.6 is 11.6 Å². The molecule has 1 atom stereocenters. The summed E-state index contributed by atoms with van der Waals surface area (Å²) in [6.07, 6.45) is 1.79. The summed E-state index contributed by atoms with van der Waals surface area (Å²) in [5.74, 6) is -0.611. The molecule has 6 nitrogen and oxygen atoms in total. The van der Waals surface area contributed by atoms with Crippen LogP contribution in [0.5, 0.6) is 0 Å². The quantitative estimate of drug-likeness (QED) is 0.806. The zero-order valence-electron chi connectivity index (χ0n) is 13.7. The second-order valence-electron chi connectivity index (χ2n) is 5.75. The summed E-state index contributed by atoms with van der Waals surface area (Å²) in [4.78, 5) is 37.6. The number of benzene rings is 1. The van der Waals surface area contributed by atoms with Crippen LogP contribution in [0.3, 0.4) is 0 Å². The predicted molar refractivity (Wildman–Crippen MR) is 91.6 cm³/mol. The Labute approximate surface area is 146 Å². The molecule has 2 N–H and O–H groups in total. The maximum Gasteiger partial charge on any atom is 0.243 e. The van der Waals surface area contributed by atoms with E-state index in [0.29, 0.717) is 31.0 Å². The summed E-state index contributed by atoms with van der Waals surface area (Å²) < 4.78 is 0. The van der Waals surface area contributed by atoms with Crippen LogP contribution in [0.1, 0.15) is 24.8 Å². The Morgan fingerprint density at radius 3 is 2.71 bits per heavy atom. The van der Waals surface area contributed by atoms with Gasteiger partial charge in [0.25, 0.3) is 0 Å². The molecule has 0 aliphatic carbocycles. The van der Waals surface area contributed by atoms with E-state index in [9.17, 15) is 14.4 Å². The Hall–Kier alpha value is -2.08. The lowest BCUT2D eigenvalue weighted by molar-refractivity contribution is -0.145. The number of nitrogens with zero attached hydrogens (tertiary/aromatic N) is 1. The second-order valence-corrected chi connectivity index (χ2v) is 6.19. The van der Waals surface area contributed by atoms with Crippen LogP contribution < -0.4 is 10.6 Å². The molecule has 3 amide bonds. The summed E-state index contributed by atoms with van der Waals surface area (Å²) in [5, 5.41) is 5.89. The number of carbonyl (C=O) groups excluding carboxylic acids is 3. The molecule has 0 saturated carbocycles. The maximum absolute atomic E-state index is 12.5. The van der Waals surface area contributed by atoms with Gasteiger partial charge in [-0.15, -0.1) is 0 Å². The summed E-state index contributed by atoms with van der Waals surface area (Å²) in [7, 11) is 1.52. The lowest BCUT2D eigenvalue weighted by Crippen LogP contribution is -2.58. The van der Waals surface area contributed by atoms with E-state index in [2.05, 4.69) is 10.6 Å². The first kappa shape index (κ1) is 18.3. The van der Waals surface area contributed by atoms with Gasteiger partial charge in [-0.05, 0) is 30.5 Å². The molecule has 0 unspecified atom stereocenters. The van der Waals surface area contributed by atoms with E-state index < -0.39 is 6.04 Å². The van der Waals surface area contributed by atoms with Crippen LogP contribution in [-0.2, 0) is 20.8 Å². The van der Waals surface area contributed by atoms with Gasteiger partial charge in [0.2, 0.25) is 17.7 Å². The summed E-state index contributed by atoms with van der Waals surface area (Å²) >= 11 is 5.85. The van der Waals surface area contributed by atoms with Crippen molar-refractivity contribution in [1.29, 1.82) is 0 Å². The largest absolute Gasteiger partial charge is 0.359 e. The van der Waals surface area contributed by atoms with Crippen molar-refractivity contribution in [3.05, 3.63) is 34.9 Å². The minimum atomic E-state index is -0.721. The van der Waals surface area contributed by atoms with Crippen molar-refractivity contribution in [3.63, 3.8) is 0 Å². The number of nitrogens with one attached hydrogen (secondary N) is 2. The molecule has 1 aromatic carbocycles. The van der Waals surface area contributed by atoms with Gasteiger partial charge in [0.1, 0.15) is 6.04 Å². The minimum Gasteiger partial charge on any atom is -0.359 e. The number of rotatable bonds is 6. The molecule has 1 saturated heterocycles. The normalized spacial score (nSPS) is 17.3. The molecule has 2 rings (SSSR count). The van der Waals surface area contributed by atoms with E-state index in [0.717, 1.165) is 12.0 Å². The van der Waals surface area contributed by atoms with Crippen LogP contribution in [0.4, 0.5) is 0 Å². The Kier molecular flexibility index (Phi) is 6.61. The third-order valence-electron chi connectivity index (χ3n) is 4.08. The molecule has 1 aliphatic heterocycles. The van der Waals surface area contributed by atoms with E-state index in [4.69, 9.17) is 11.6 Å². The van der Waals surface area contributed by atoms with Gasteiger partial charge in [-0.3, -0.25) is 14.4 Å². The predicted octanol–water partition coefficient (Wildman–Crippen LogP) is 1.13. The van der Waals surface area contributed by atoms with Crippen LogP contribution in [0, 0.1) is 0 Å². The summed E-state index contributed by atoms with van der Waals surface area (Å²) in [6, 6.07) is 6.81. The molecule has 1 heterocycles. The SMILES string of the molecule is CNC(=O)C[C@H]1C(=O)NCCN1C(=O)CCCc1ccc(Cl)cc1. The Morgan fingerprint density at radius 1 is 1.33 bits per heavy atom. The molecule has 1 aliphatic rings. The number of halogens is 1. The first-order chi connectivity index (χ1) is 11.5. The molecule has 130 valence electrons. The molecule has 24 heavy (non-hydrogen) atoms. The molecule has 1 fully saturated rings. The van der Waals surface area contributed by atoms with Crippen LogP contribution in [0.25, 0.3) is 0 Å². The smallest absolute Gasteiger partial charge is 0.243 e. The third-order valence-corrected chi connectivity index (χ3v) is 4.33. The highest BCUT2D eigenvalue weighted by atomic mass is 35.5. The first-order valence-corrected chi connectivity index (χ1v) is 8.41. The zero-order chi connectivity index (χ0) is 17.5. The monoisotopic (exact) mass is 351 g/mol. The minimum absolute atomic E-state index is 0.00867. The number of amides is 3. The molecule has 1 aromatic rings. The topological polar surface area (TPSA) is 78.5 Å². The van der Waals surface area contributed by atoms with Crippen LogP contribution in [0.15, 0.2) is 24.3 Å². The van der Waals surface area contributed by atoms with Crippen molar-refractivity contribution in [3.8, 4) is 0 Å². The fourth-order valence-corrected chi connectivity index (χ4v) is 2.86. The number of aryl methyl sites for hydroxylation is 1. The average Bonchev–Trinajstić information content (AvgIpc) is 2.58. The van der Waals surface area contributed by atoms with Gasteiger partial charge < -0.3 is 15.5 Å². The lowest BCUT2D eigenvalue weighted by Gasteiger charge is -2.34. The van der Waals surface area contributed by atoms with E-state index in [-0.39, 0.29) is 24.1 Å². The van der Waals surface area contributed by atoms with Crippen molar-refractivity contribution in [1.82, 2.24) is 15.5 Å². The number of piperazine rings is 1. The van der Waals surface area contributed by atoms with Gasteiger partial charge in [-0.25, -0.2) is 0 Å². The van der Waals surface area contributed by atoms with Crippen molar-refractivity contribution >= 4 is 29.3 Å². The maximum atomic E-state index is 12.5. The Balaban J connectivity index is 1.89. The molecule has 0 bridgehead atoms. The fourth-order valence-electron chi connectivity index (χ4n) is 2.73. The zero-order valence-corrected chi connectivity index (χ0v) is 14.4. The third kappa shape index (κ3) is 4.96. The second kappa shape index (κ2) is 8.68. The van der Waals surface area contributed by atoms with Gasteiger partial charge in [-0.1, -0.05) is 23.7 Å². The van der Waals surface area contributed by atoms with Crippen molar-refractivity contribution in [2.45, 2.75) is 31.7 Å². The number of hydrogen-bond acceptors (Lipinski definition) is 3. The van der Waals surface area contributed by atoms with E-state index >= 15 is 0 Å². The molecule has 0 spiro atoms. The van der Waals surface area contributed by atoms with Gasteiger partial charge in [0.15, 0.2) is 0 Å². The molecule has 0 aromatic heterocycles.